The summed E-state index contributed by atoms with van der Waals surface area (Å²) in [7, 11) is 0. The summed E-state index contributed by atoms with van der Waals surface area (Å²) in [5.74, 6) is 1.06. The lowest BCUT2D eigenvalue weighted by Gasteiger charge is -2.27. The van der Waals surface area contributed by atoms with E-state index in [0.29, 0.717) is 6.04 Å². The Labute approximate surface area is 91.6 Å². The third-order valence-corrected chi connectivity index (χ3v) is 2.97. The van der Waals surface area contributed by atoms with Crippen molar-refractivity contribution in [1.29, 1.82) is 0 Å². The number of aryl methyl sites for hydroxylation is 1. The molecule has 0 spiro atoms. The lowest BCUT2D eigenvalue weighted by Crippen LogP contribution is -2.26. The number of nitrogens with one attached hydrogen (secondary N) is 1. The predicted molar refractivity (Wildman–Crippen MR) is 62.3 cm³/mol. The van der Waals surface area contributed by atoms with Gasteiger partial charge in [-0.15, -0.1) is 0 Å². The Morgan fingerprint density at radius 1 is 1.40 bits per heavy atom. The van der Waals surface area contributed by atoms with Crippen LogP contribution in [-0.2, 0) is 6.42 Å². The molecule has 1 heterocycles. The predicted octanol–water partition coefficient (Wildman–Crippen LogP) is 2.68. The van der Waals surface area contributed by atoms with Crippen molar-refractivity contribution in [3.63, 3.8) is 0 Å². The van der Waals surface area contributed by atoms with Crippen LogP contribution in [0.3, 0.4) is 0 Å². The van der Waals surface area contributed by atoms with Gasteiger partial charge in [0, 0.05) is 18.0 Å². The zero-order valence-electron chi connectivity index (χ0n) is 9.55. The second-order valence-corrected chi connectivity index (χ2v) is 3.97. The molecule has 2 heteroatoms. The zero-order chi connectivity index (χ0) is 10.7. The molecule has 15 heavy (non-hydrogen) atoms. The highest BCUT2D eigenvalue weighted by molar-refractivity contribution is 5.40. The van der Waals surface area contributed by atoms with Crippen molar-refractivity contribution in [2.75, 3.05) is 13.2 Å². The number of hydrogen-bond acceptors (Lipinski definition) is 2. The summed E-state index contributed by atoms with van der Waals surface area (Å²) in [6.45, 7) is 6.18. The molecule has 0 saturated heterocycles. The van der Waals surface area contributed by atoms with E-state index in [1.54, 1.807) is 0 Å². The van der Waals surface area contributed by atoms with Crippen molar-refractivity contribution < 1.29 is 4.74 Å². The van der Waals surface area contributed by atoms with E-state index in [4.69, 9.17) is 4.74 Å². The van der Waals surface area contributed by atoms with E-state index in [1.165, 1.54) is 11.1 Å². The Morgan fingerprint density at radius 3 is 3.00 bits per heavy atom. The first kappa shape index (κ1) is 10.5. The van der Waals surface area contributed by atoms with Crippen LogP contribution in [0.5, 0.6) is 5.75 Å². The average Bonchev–Trinajstić information content (AvgIpc) is 2.29. The van der Waals surface area contributed by atoms with Crippen LogP contribution >= 0.6 is 0 Å². The molecule has 1 atom stereocenters. The molecular weight excluding hydrogens is 186 g/mol. The number of benzene rings is 1. The molecule has 2 nitrogen and oxygen atoms in total. The Kier molecular flexibility index (Phi) is 3.27. The van der Waals surface area contributed by atoms with E-state index < -0.39 is 0 Å². The second-order valence-electron chi connectivity index (χ2n) is 3.97. The van der Waals surface area contributed by atoms with E-state index in [0.717, 1.165) is 31.7 Å². The van der Waals surface area contributed by atoms with Crippen LogP contribution in [0.15, 0.2) is 18.2 Å². The smallest absolute Gasteiger partial charge is 0.124 e. The molecule has 1 N–H and O–H groups in total. The molecule has 0 saturated carbocycles. The lowest BCUT2D eigenvalue weighted by atomic mass is 9.97. The van der Waals surface area contributed by atoms with Crippen LogP contribution in [0.25, 0.3) is 0 Å². The quantitative estimate of drug-likeness (QED) is 0.819. The van der Waals surface area contributed by atoms with E-state index in [1.807, 2.05) is 0 Å². The molecule has 1 unspecified atom stereocenters. The Bertz CT molecular complexity index is 335. The van der Waals surface area contributed by atoms with E-state index >= 15 is 0 Å². The average molecular weight is 205 g/mol. The van der Waals surface area contributed by atoms with Gasteiger partial charge < -0.3 is 10.1 Å². The largest absolute Gasteiger partial charge is 0.493 e. The molecular formula is C13H19NO. The summed E-state index contributed by atoms with van der Waals surface area (Å²) in [6, 6.07) is 7.03. The fourth-order valence-electron chi connectivity index (χ4n) is 2.12. The summed E-state index contributed by atoms with van der Waals surface area (Å²) in [5, 5.41) is 3.51. The van der Waals surface area contributed by atoms with Crippen molar-refractivity contribution in [1.82, 2.24) is 5.32 Å². The molecule has 82 valence electrons. The number of hydrogen-bond donors (Lipinski definition) is 1. The van der Waals surface area contributed by atoms with Crippen molar-refractivity contribution in [2.24, 2.45) is 0 Å². The minimum absolute atomic E-state index is 0.477. The monoisotopic (exact) mass is 205 g/mol. The van der Waals surface area contributed by atoms with Gasteiger partial charge in [0.05, 0.1) is 6.61 Å². The van der Waals surface area contributed by atoms with Gasteiger partial charge in [0.1, 0.15) is 5.75 Å². The minimum atomic E-state index is 0.477. The number of rotatable bonds is 3. The molecule has 0 radical (unpaired) electrons. The van der Waals surface area contributed by atoms with Gasteiger partial charge in [-0.2, -0.15) is 0 Å². The minimum Gasteiger partial charge on any atom is -0.493 e. The Morgan fingerprint density at radius 2 is 2.27 bits per heavy atom. The zero-order valence-corrected chi connectivity index (χ0v) is 9.55. The van der Waals surface area contributed by atoms with Crippen LogP contribution in [0.4, 0.5) is 0 Å². The summed E-state index contributed by atoms with van der Waals surface area (Å²) in [6.07, 6.45) is 2.17. The van der Waals surface area contributed by atoms with Gasteiger partial charge >= 0.3 is 0 Å². The normalized spacial score (nSPS) is 19.5. The van der Waals surface area contributed by atoms with Crippen molar-refractivity contribution in [2.45, 2.75) is 32.7 Å². The van der Waals surface area contributed by atoms with Gasteiger partial charge in [0.15, 0.2) is 0 Å². The molecule has 0 amide bonds. The van der Waals surface area contributed by atoms with Gasteiger partial charge in [-0.1, -0.05) is 26.0 Å². The maximum Gasteiger partial charge on any atom is 0.124 e. The SMILES string of the molecule is CCNC1CCOc2ccc(CC)cc21. The highest BCUT2D eigenvalue weighted by atomic mass is 16.5. The maximum atomic E-state index is 5.66. The molecule has 1 aromatic rings. The first-order valence-electron chi connectivity index (χ1n) is 5.84. The molecule has 1 aromatic carbocycles. The molecule has 2 rings (SSSR count). The van der Waals surface area contributed by atoms with Gasteiger partial charge in [-0.05, 0) is 24.6 Å². The lowest BCUT2D eigenvalue weighted by molar-refractivity contribution is 0.254. The van der Waals surface area contributed by atoms with Gasteiger partial charge in [0.25, 0.3) is 0 Å². The van der Waals surface area contributed by atoms with Crippen LogP contribution in [0.2, 0.25) is 0 Å². The van der Waals surface area contributed by atoms with Crippen LogP contribution < -0.4 is 10.1 Å². The van der Waals surface area contributed by atoms with Crippen LogP contribution in [0, 0.1) is 0 Å². The van der Waals surface area contributed by atoms with E-state index in [2.05, 4.69) is 37.4 Å². The van der Waals surface area contributed by atoms with Crippen molar-refractivity contribution in [3.8, 4) is 5.75 Å². The van der Waals surface area contributed by atoms with Gasteiger partial charge in [-0.25, -0.2) is 0 Å². The first-order chi connectivity index (χ1) is 7.35. The van der Waals surface area contributed by atoms with E-state index in [-0.39, 0.29) is 0 Å². The van der Waals surface area contributed by atoms with Crippen molar-refractivity contribution in [3.05, 3.63) is 29.3 Å². The number of ether oxygens (including phenoxy) is 1. The number of fused-ring (bicyclic) bond motifs is 1. The fraction of sp³-hybridized carbons (Fsp3) is 0.538. The molecule has 0 aliphatic carbocycles. The summed E-state index contributed by atoms with van der Waals surface area (Å²) >= 11 is 0. The maximum absolute atomic E-state index is 5.66. The first-order valence-corrected chi connectivity index (χ1v) is 5.84. The fourth-order valence-corrected chi connectivity index (χ4v) is 2.12. The molecule has 0 bridgehead atoms. The van der Waals surface area contributed by atoms with Crippen molar-refractivity contribution >= 4 is 0 Å². The third-order valence-electron chi connectivity index (χ3n) is 2.97. The van der Waals surface area contributed by atoms with E-state index in [9.17, 15) is 0 Å². The summed E-state index contributed by atoms with van der Waals surface area (Å²) < 4.78 is 5.66. The Hall–Kier alpha value is -1.02. The third kappa shape index (κ3) is 2.15. The summed E-state index contributed by atoms with van der Waals surface area (Å²) in [4.78, 5) is 0. The van der Waals surface area contributed by atoms with Crippen LogP contribution in [-0.4, -0.2) is 13.2 Å². The molecule has 0 aromatic heterocycles. The van der Waals surface area contributed by atoms with Crippen LogP contribution in [0.1, 0.15) is 37.4 Å². The molecule has 0 fully saturated rings. The Balaban J connectivity index is 2.30. The highest BCUT2D eigenvalue weighted by Gasteiger charge is 2.20. The summed E-state index contributed by atoms with van der Waals surface area (Å²) in [5.41, 5.74) is 2.73. The van der Waals surface area contributed by atoms with Gasteiger partial charge in [0.2, 0.25) is 0 Å². The van der Waals surface area contributed by atoms with Gasteiger partial charge in [-0.3, -0.25) is 0 Å². The molecule has 1 aliphatic rings. The standard InChI is InChI=1S/C13H19NO/c1-3-10-5-6-13-11(9-10)12(14-4-2)7-8-15-13/h5-6,9,12,14H,3-4,7-8H2,1-2H3. The highest BCUT2D eigenvalue weighted by Crippen LogP contribution is 2.32. The topological polar surface area (TPSA) is 21.3 Å². The molecule has 1 aliphatic heterocycles. The second kappa shape index (κ2) is 4.67.